The molecule has 0 amide bonds. The molecule has 114 valence electrons. The SMILES string of the molecule is Cc1nc(Cc2nnc(SCCCc3ccccc3)o2)cs1. The third-order valence-electron chi connectivity index (χ3n) is 3.13. The molecule has 0 N–H and O–H groups in total. The van der Waals surface area contributed by atoms with E-state index in [0.717, 1.165) is 29.3 Å². The lowest BCUT2D eigenvalue weighted by molar-refractivity contribution is 0.419. The smallest absolute Gasteiger partial charge is 0.276 e. The number of hydrogen-bond donors (Lipinski definition) is 0. The number of thiazole rings is 1. The van der Waals surface area contributed by atoms with Crippen molar-refractivity contribution in [2.75, 3.05) is 5.75 Å². The Morgan fingerprint density at radius 3 is 2.82 bits per heavy atom. The molecule has 0 radical (unpaired) electrons. The molecule has 0 aliphatic rings. The van der Waals surface area contributed by atoms with Crippen LogP contribution in [0.2, 0.25) is 0 Å². The Bertz CT molecular complexity index is 709. The number of nitrogens with zero attached hydrogens (tertiary/aromatic N) is 3. The zero-order chi connectivity index (χ0) is 15.2. The summed E-state index contributed by atoms with van der Waals surface area (Å²) in [6.07, 6.45) is 2.78. The summed E-state index contributed by atoms with van der Waals surface area (Å²) in [5.41, 5.74) is 2.36. The van der Waals surface area contributed by atoms with E-state index in [1.165, 1.54) is 5.56 Å². The van der Waals surface area contributed by atoms with Gasteiger partial charge in [-0.15, -0.1) is 21.5 Å². The first kappa shape index (κ1) is 15.2. The van der Waals surface area contributed by atoms with E-state index in [1.807, 2.05) is 18.4 Å². The van der Waals surface area contributed by atoms with Crippen LogP contribution < -0.4 is 0 Å². The van der Waals surface area contributed by atoms with Crippen molar-refractivity contribution in [3.63, 3.8) is 0 Å². The Balaban J connectivity index is 1.44. The fourth-order valence-electron chi connectivity index (χ4n) is 2.09. The van der Waals surface area contributed by atoms with E-state index in [0.29, 0.717) is 17.5 Å². The van der Waals surface area contributed by atoms with Gasteiger partial charge < -0.3 is 4.42 Å². The lowest BCUT2D eigenvalue weighted by Gasteiger charge is -1.99. The lowest BCUT2D eigenvalue weighted by Crippen LogP contribution is -1.88. The van der Waals surface area contributed by atoms with Gasteiger partial charge >= 0.3 is 0 Å². The van der Waals surface area contributed by atoms with Crippen molar-refractivity contribution in [1.82, 2.24) is 15.2 Å². The van der Waals surface area contributed by atoms with Gasteiger partial charge in [0.25, 0.3) is 5.22 Å². The van der Waals surface area contributed by atoms with Crippen molar-refractivity contribution < 1.29 is 4.42 Å². The molecule has 2 aromatic heterocycles. The van der Waals surface area contributed by atoms with Crippen molar-refractivity contribution in [1.29, 1.82) is 0 Å². The Hall–Kier alpha value is -1.66. The van der Waals surface area contributed by atoms with Gasteiger partial charge in [0.1, 0.15) is 0 Å². The van der Waals surface area contributed by atoms with Crippen LogP contribution in [0, 0.1) is 6.92 Å². The highest BCUT2D eigenvalue weighted by Crippen LogP contribution is 2.20. The first-order chi connectivity index (χ1) is 10.8. The van der Waals surface area contributed by atoms with Crippen molar-refractivity contribution in [3.05, 3.63) is 57.9 Å². The molecule has 0 saturated heterocycles. The fraction of sp³-hybridized carbons (Fsp3) is 0.312. The topological polar surface area (TPSA) is 51.8 Å². The molecule has 4 nitrogen and oxygen atoms in total. The Labute approximate surface area is 138 Å². The number of thioether (sulfide) groups is 1. The summed E-state index contributed by atoms with van der Waals surface area (Å²) in [5, 5.41) is 11.9. The summed E-state index contributed by atoms with van der Waals surface area (Å²) in [6, 6.07) is 10.5. The first-order valence-electron chi connectivity index (χ1n) is 7.20. The molecule has 3 rings (SSSR count). The minimum Gasteiger partial charge on any atom is -0.416 e. The Kier molecular flexibility index (Phi) is 5.24. The fourth-order valence-corrected chi connectivity index (χ4v) is 3.42. The number of benzene rings is 1. The highest BCUT2D eigenvalue weighted by molar-refractivity contribution is 7.99. The maximum absolute atomic E-state index is 5.65. The maximum Gasteiger partial charge on any atom is 0.276 e. The number of hydrogen-bond acceptors (Lipinski definition) is 6. The average molecular weight is 331 g/mol. The van der Waals surface area contributed by atoms with Crippen LogP contribution in [0.3, 0.4) is 0 Å². The lowest BCUT2D eigenvalue weighted by atomic mass is 10.1. The van der Waals surface area contributed by atoms with Crippen LogP contribution in [0.25, 0.3) is 0 Å². The number of aromatic nitrogens is 3. The predicted molar refractivity (Wildman–Crippen MR) is 89.4 cm³/mol. The van der Waals surface area contributed by atoms with Crippen LogP contribution in [0.15, 0.2) is 45.4 Å². The predicted octanol–water partition coefficient (Wildman–Crippen LogP) is 4.15. The monoisotopic (exact) mass is 331 g/mol. The second-order valence-electron chi connectivity index (χ2n) is 4.93. The van der Waals surface area contributed by atoms with Crippen LogP contribution in [-0.4, -0.2) is 20.9 Å². The molecule has 0 bridgehead atoms. The molecule has 1 aromatic carbocycles. The zero-order valence-electron chi connectivity index (χ0n) is 12.4. The van der Waals surface area contributed by atoms with Crippen LogP contribution >= 0.6 is 23.1 Å². The summed E-state index contributed by atoms with van der Waals surface area (Å²) < 4.78 is 5.65. The second kappa shape index (κ2) is 7.56. The number of aryl methyl sites for hydroxylation is 2. The molecule has 0 aliphatic carbocycles. The van der Waals surface area contributed by atoms with Gasteiger partial charge in [0.05, 0.1) is 17.1 Å². The van der Waals surface area contributed by atoms with Gasteiger partial charge in [0.2, 0.25) is 5.89 Å². The van der Waals surface area contributed by atoms with E-state index in [1.54, 1.807) is 23.1 Å². The molecule has 22 heavy (non-hydrogen) atoms. The van der Waals surface area contributed by atoms with Crippen LogP contribution in [0.4, 0.5) is 0 Å². The van der Waals surface area contributed by atoms with E-state index < -0.39 is 0 Å². The Morgan fingerprint density at radius 1 is 1.18 bits per heavy atom. The highest BCUT2D eigenvalue weighted by Gasteiger charge is 2.09. The van der Waals surface area contributed by atoms with Crippen molar-refractivity contribution in [3.8, 4) is 0 Å². The largest absolute Gasteiger partial charge is 0.416 e. The molecule has 6 heteroatoms. The van der Waals surface area contributed by atoms with Gasteiger partial charge in [-0.3, -0.25) is 0 Å². The molecule has 0 aliphatic heterocycles. The molecule has 3 aromatic rings. The van der Waals surface area contributed by atoms with Crippen LogP contribution in [0.5, 0.6) is 0 Å². The highest BCUT2D eigenvalue weighted by atomic mass is 32.2. The quantitative estimate of drug-likeness (QED) is 0.481. The molecule has 0 saturated carbocycles. The van der Waals surface area contributed by atoms with Crippen molar-refractivity contribution in [2.24, 2.45) is 0 Å². The minimum absolute atomic E-state index is 0.613. The maximum atomic E-state index is 5.65. The van der Waals surface area contributed by atoms with Crippen LogP contribution in [-0.2, 0) is 12.8 Å². The standard InChI is InChI=1S/C16H17N3OS2/c1-12-17-14(11-22-12)10-15-18-19-16(20-15)21-9-5-8-13-6-3-2-4-7-13/h2-4,6-7,11H,5,8-10H2,1H3. The van der Waals surface area contributed by atoms with Gasteiger partial charge in [-0.25, -0.2) is 4.98 Å². The molecule has 2 heterocycles. The van der Waals surface area contributed by atoms with Crippen molar-refractivity contribution >= 4 is 23.1 Å². The third kappa shape index (κ3) is 4.42. The van der Waals surface area contributed by atoms with Gasteiger partial charge in [0.15, 0.2) is 0 Å². The van der Waals surface area contributed by atoms with E-state index in [4.69, 9.17) is 4.42 Å². The third-order valence-corrected chi connectivity index (χ3v) is 4.85. The summed E-state index contributed by atoms with van der Waals surface area (Å²) in [6.45, 7) is 2.00. The summed E-state index contributed by atoms with van der Waals surface area (Å²) >= 11 is 3.26. The van der Waals surface area contributed by atoms with Crippen molar-refractivity contribution in [2.45, 2.75) is 31.4 Å². The summed E-state index contributed by atoms with van der Waals surface area (Å²) in [5.74, 6) is 1.61. The first-order valence-corrected chi connectivity index (χ1v) is 9.06. The minimum atomic E-state index is 0.613. The molecular weight excluding hydrogens is 314 g/mol. The zero-order valence-corrected chi connectivity index (χ0v) is 14.0. The van der Waals surface area contributed by atoms with E-state index in [9.17, 15) is 0 Å². The molecular formula is C16H17N3OS2. The summed E-state index contributed by atoms with van der Waals surface area (Å²) in [7, 11) is 0. The summed E-state index contributed by atoms with van der Waals surface area (Å²) in [4.78, 5) is 4.41. The average Bonchev–Trinajstić information content (AvgIpc) is 3.14. The van der Waals surface area contributed by atoms with Gasteiger partial charge in [0, 0.05) is 11.1 Å². The van der Waals surface area contributed by atoms with Crippen LogP contribution in [0.1, 0.15) is 28.6 Å². The van der Waals surface area contributed by atoms with Gasteiger partial charge in [-0.1, -0.05) is 42.1 Å². The molecule has 0 fully saturated rings. The molecule has 0 spiro atoms. The van der Waals surface area contributed by atoms with Gasteiger partial charge in [-0.05, 0) is 25.3 Å². The van der Waals surface area contributed by atoms with E-state index in [-0.39, 0.29) is 0 Å². The number of rotatable bonds is 7. The van der Waals surface area contributed by atoms with E-state index in [2.05, 4.69) is 39.4 Å². The normalized spacial score (nSPS) is 11.0. The molecule has 0 atom stereocenters. The second-order valence-corrected chi connectivity index (χ2v) is 7.04. The molecule has 0 unspecified atom stereocenters. The van der Waals surface area contributed by atoms with E-state index >= 15 is 0 Å². The van der Waals surface area contributed by atoms with Gasteiger partial charge in [-0.2, -0.15) is 0 Å². The Morgan fingerprint density at radius 2 is 2.05 bits per heavy atom.